The molecule has 3 rings (SSSR count). The lowest BCUT2D eigenvalue weighted by Gasteiger charge is -2.17. The number of hydrogen-bond acceptors (Lipinski definition) is 3. The van der Waals surface area contributed by atoms with E-state index < -0.39 is 0 Å². The van der Waals surface area contributed by atoms with Crippen LogP contribution >= 0.6 is 11.8 Å². The van der Waals surface area contributed by atoms with Gasteiger partial charge in [-0.1, -0.05) is 38.1 Å². The molecular weight excluding hydrogens is 342 g/mol. The second kappa shape index (κ2) is 8.63. The molecule has 0 aromatic heterocycles. The van der Waals surface area contributed by atoms with E-state index in [4.69, 9.17) is 4.74 Å². The van der Waals surface area contributed by atoms with E-state index in [-0.39, 0.29) is 5.91 Å². The summed E-state index contributed by atoms with van der Waals surface area (Å²) in [7, 11) is 1.68. The fraction of sp³-hybridized carbons (Fsp3) is 0.409. The first kappa shape index (κ1) is 18.8. The normalized spacial score (nSPS) is 16.9. The van der Waals surface area contributed by atoms with Gasteiger partial charge in [0.1, 0.15) is 5.75 Å². The fourth-order valence-corrected chi connectivity index (χ4v) is 4.22. The molecule has 2 aromatic rings. The summed E-state index contributed by atoms with van der Waals surface area (Å²) in [5.41, 5.74) is 2.38. The number of amides is 1. The van der Waals surface area contributed by atoms with Crippen LogP contribution in [0.4, 0.5) is 0 Å². The number of methoxy groups -OCH3 is 1. The smallest absolute Gasteiger partial charge is 0.227 e. The highest BCUT2D eigenvalue weighted by atomic mass is 32.2. The van der Waals surface area contributed by atoms with Gasteiger partial charge in [0.05, 0.1) is 13.5 Å². The largest absolute Gasteiger partial charge is 0.497 e. The Hall–Kier alpha value is -1.94. The van der Waals surface area contributed by atoms with Gasteiger partial charge in [0, 0.05) is 29.2 Å². The van der Waals surface area contributed by atoms with Gasteiger partial charge in [-0.25, -0.2) is 0 Å². The Balaban J connectivity index is 1.55. The summed E-state index contributed by atoms with van der Waals surface area (Å²) in [6.45, 7) is 6.03. The molecule has 1 aliphatic heterocycles. The third kappa shape index (κ3) is 4.82. The zero-order chi connectivity index (χ0) is 18.5. The van der Waals surface area contributed by atoms with Crippen molar-refractivity contribution in [2.45, 2.75) is 42.8 Å². The Kier molecular flexibility index (Phi) is 6.25. The van der Waals surface area contributed by atoms with Crippen molar-refractivity contribution in [2.24, 2.45) is 0 Å². The maximum atomic E-state index is 12.7. The summed E-state index contributed by atoms with van der Waals surface area (Å²) in [4.78, 5) is 15.9. The number of likely N-dealkylation sites (tertiary alicyclic amines) is 1. The van der Waals surface area contributed by atoms with Crippen molar-refractivity contribution in [1.29, 1.82) is 0 Å². The zero-order valence-corrected chi connectivity index (χ0v) is 16.6. The molecule has 0 N–H and O–H groups in total. The molecule has 1 aliphatic rings. The number of hydrogen-bond donors (Lipinski definition) is 0. The van der Waals surface area contributed by atoms with Gasteiger partial charge in [-0.3, -0.25) is 4.79 Å². The minimum Gasteiger partial charge on any atom is -0.497 e. The summed E-state index contributed by atoms with van der Waals surface area (Å²) in [5.74, 6) is 1.53. The molecule has 1 fully saturated rings. The van der Waals surface area contributed by atoms with Crippen LogP contribution in [0.1, 0.15) is 37.3 Å². The summed E-state index contributed by atoms with van der Waals surface area (Å²) >= 11 is 1.85. The van der Waals surface area contributed by atoms with E-state index in [1.165, 1.54) is 10.5 Å². The number of nitrogens with zero attached hydrogens (tertiary/aromatic N) is 1. The first-order valence-electron chi connectivity index (χ1n) is 9.22. The zero-order valence-electron chi connectivity index (χ0n) is 15.8. The first-order chi connectivity index (χ1) is 12.5. The Morgan fingerprint density at radius 1 is 1.15 bits per heavy atom. The number of carbonyl (C=O) groups is 1. The van der Waals surface area contributed by atoms with Crippen LogP contribution in [0.3, 0.4) is 0 Å². The molecule has 0 spiro atoms. The molecule has 3 nitrogen and oxygen atoms in total. The van der Waals surface area contributed by atoms with Gasteiger partial charge in [-0.2, -0.15) is 0 Å². The molecule has 0 saturated carbocycles. The highest BCUT2D eigenvalue weighted by Crippen LogP contribution is 2.29. The topological polar surface area (TPSA) is 29.5 Å². The molecule has 1 amide bonds. The summed E-state index contributed by atoms with van der Waals surface area (Å²) in [6, 6.07) is 16.6. The van der Waals surface area contributed by atoms with Crippen LogP contribution in [0, 0.1) is 0 Å². The minimum atomic E-state index is 0.227. The number of ether oxygens (including phenoxy) is 1. The lowest BCUT2D eigenvalue weighted by molar-refractivity contribution is -0.129. The van der Waals surface area contributed by atoms with Crippen molar-refractivity contribution in [2.75, 3.05) is 20.2 Å². The standard InChI is InChI=1S/C22H27NO2S/c1-16(2)26-21-10-4-17(5-11-21)14-22(24)23-13-12-19(15-23)18-6-8-20(25-3)9-7-18/h4-11,16,19H,12-15H2,1-3H3/t19-/m0/s1. The van der Waals surface area contributed by atoms with Gasteiger partial charge in [-0.15, -0.1) is 11.8 Å². The van der Waals surface area contributed by atoms with Crippen molar-refractivity contribution in [1.82, 2.24) is 4.90 Å². The van der Waals surface area contributed by atoms with Crippen molar-refractivity contribution in [3.63, 3.8) is 0 Å². The van der Waals surface area contributed by atoms with Gasteiger partial charge >= 0.3 is 0 Å². The fourth-order valence-electron chi connectivity index (χ4n) is 3.38. The van der Waals surface area contributed by atoms with Gasteiger partial charge < -0.3 is 9.64 Å². The quantitative estimate of drug-likeness (QED) is 0.688. The first-order valence-corrected chi connectivity index (χ1v) is 10.1. The molecule has 1 heterocycles. The van der Waals surface area contributed by atoms with E-state index in [1.807, 2.05) is 28.8 Å². The average molecular weight is 370 g/mol. The molecule has 0 radical (unpaired) electrons. The molecule has 0 unspecified atom stereocenters. The Labute approximate surface area is 160 Å². The maximum absolute atomic E-state index is 12.7. The molecule has 1 atom stereocenters. The van der Waals surface area contributed by atoms with Crippen LogP contribution in [0.2, 0.25) is 0 Å². The van der Waals surface area contributed by atoms with E-state index in [2.05, 4.69) is 50.2 Å². The van der Waals surface area contributed by atoms with E-state index in [9.17, 15) is 4.79 Å². The monoisotopic (exact) mass is 369 g/mol. The minimum absolute atomic E-state index is 0.227. The lowest BCUT2D eigenvalue weighted by atomic mass is 9.98. The molecule has 2 aromatic carbocycles. The molecule has 0 bridgehead atoms. The second-order valence-electron chi connectivity index (χ2n) is 7.09. The maximum Gasteiger partial charge on any atom is 0.227 e. The Morgan fingerprint density at radius 2 is 1.85 bits per heavy atom. The summed E-state index contributed by atoms with van der Waals surface area (Å²) in [6.07, 6.45) is 1.52. The van der Waals surface area contributed by atoms with Gasteiger partial charge in [0.2, 0.25) is 5.91 Å². The van der Waals surface area contributed by atoms with Gasteiger partial charge in [0.25, 0.3) is 0 Å². The highest BCUT2D eigenvalue weighted by molar-refractivity contribution is 7.99. The van der Waals surface area contributed by atoms with Crippen LogP contribution in [-0.4, -0.2) is 36.3 Å². The Bertz CT molecular complexity index is 725. The van der Waals surface area contributed by atoms with Gasteiger partial charge in [-0.05, 0) is 41.8 Å². The van der Waals surface area contributed by atoms with Gasteiger partial charge in [0.15, 0.2) is 0 Å². The highest BCUT2D eigenvalue weighted by Gasteiger charge is 2.27. The third-order valence-electron chi connectivity index (χ3n) is 4.78. The van der Waals surface area contributed by atoms with Crippen molar-refractivity contribution < 1.29 is 9.53 Å². The average Bonchev–Trinajstić information content (AvgIpc) is 3.13. The van der Waals surface area contributed by atoms with E-state index in [0.717, 1.165) is 30.8 Å². The molecule has 4 heteroatoms. The van der Waals surface area contributed by atoms with E-state index in [1.54, 1.807) is 7.11 Å². The van der Waals surface area contributed by atoms with Crippen LogP contribution in [-0.2, 0) is 11.2 Å². The van der Waals surface area contributed by atoms with Crippen molar-refractivity contribution in [3.8, 4) is 5.75 Å². The lowest BCUT2D eigenvalue weighted by Crippen LogP contribution is -2.29. The van der Waals surface area contributed by atoms with Crippen LogP contribution in [0.5, 0.6) is 5.75 Å². The van der Waals surface area contributed by atoms with E-state index in [0.29, 0.717) is 17.6 Å². The SMILES string of the molecule is COc1ccc([C@H]2CCN(C(=O)Cc3ccc(SC(C)C)cc3)C2)cc1. The second-order valence-corrected chi connectivity index (χ2v) is 8.74. The van der Waals surface area contributed by atoms with Crippen LogP contribution < -0.4 is 4.74 Å². The molecule has 138 valence electrons. The predicted molar refractivity (Wildman–Crippen MR) is 108 cm³/mol. The van der Waals surface area contributed by atoms with Crippen molar-refractivity contribution >= 4 is 17.7 Å². The summed E-state index contributed by atoms with van der Waals surface area (Å²) < 4.78 is 5.22. The predicted octanol–water partition coefficient (Wildman–Crippen LogP) is 4.75. The van der Waals surface area contributed by atoms with Crippen LogP contribution in [0.25, 0.3) is 0 Å². The van der Waals surface area contributed by atoms with Crippen LogP contribution in [0.15, 0.2) is 53.4 Å². The third-order valence-corrected chi connectivity index (χ3v) is 5.79. The molecule has 0 aliphatic carbocycles. The molecule has 26 heavy (non-hydrogen) atoms. The number of rotatable bonds is 6. The molecular formula is C22H27NO2S. The molecule has 1 saturated heterocycles. The Morgan fingerprint density at radius 3 is 2.46 bits per heavy atom. The number of benzene rings is 2. The summed E-state index contributed by atoms with van der Waals surface area (Å²) in [5, 5.41) is 0.571. The number of carbonyl (C=O) groups excluding carboxylic acids is 1. The van der Waals surface area contributed by atoms with E-state index >= 15 is 0 Å². The van der Waals surface area contributed by atoms with Crippen molar-refractivity contribution in [3.05, 3.63) is 59.7 Å². The number of thioether (sulfide) groups is 1.